The van der Waals surface area contributed by atoms with Crippen LogP contribution in [0.2, 0.25) is 0 Å². The average Bonchev–Trinajstić information content (AvgIpc) is 3.15. The van der Waals surface area contributed by atoms with E-state index in [9.17, 15) is 0 Å². The molecule has 3 aliphatic carbocycles. The average molecular weight is 467 g/mol. The van der Waals surface area contributed by atoms with Crippen molar-refractivity contribution in [1.29, 1.82) is 0 Å². The fourth-order valence-electron chi connectivity index (χ4n) is 4.71. The Balaban J connectivity index is -0.000000101. The highest BCUT2D eigenvalue weighted by Gasteiger charge is 2.13. The summed E-state index contributed by atoms with van der Waals surface area (Å²) in [6, 6.07) is 10.3. The van der Waals surface area contributed by atoms with Crippen molar-refractivity contribution in [3.63, 3.8) is 0 Å². The predicted molar refractivity (Wildman–Crippen MR) is 162 cm³/mol. The minimum atomic E-state index is 0. The summed E-state index contributed by atoms with van der Waals surface area (Å²) in [6.45, 7) is 11.5. The Morgan fingerprint density at radius 2 is 0.788 bits per heavy atom. The van der Waals surface area contributed by atoms with Gasteiger partial charge in [-0.2, -0.15) is 0 Å². The van der Waals surface area contributed by atoms with Crippen LogP contribution in [0.15, 0.2) is 30.3 Å². The monoisotopic (exact) mass is 467 g/mol. The molecule has 4 rings (SSSR count). The smallest absolute Gasteiger partial charge is 0.0398 e. The van der Waals surface area contributed by atoms with Crippen LogP contribution in [0.1, 0.15) is 154 Å². The molecule has 1 aromatic rings. The zero-order valence-electron chi connectivity index (χ0n) is 19.9. The maximum Gasteiger partial charge on any atom is -0.0398 e. The molecular weight excluding hydrogens is 396 g/mol. The second-order valence-corrected chi connectivity index (χ2v) is 10.2. The van der Waals surface area contributed by atoms with Gasteiger partial charge in [-0.05, 0) is 37.0 Å². The van der Waals surface area contributed by atoms with Crippen molar-refractivity contribution in [2.45, 2.75) is 155 Å². The van der Waals surface area contributed by atoms with Gasteiger partial charge >= 0.3 is 0 Å². The van der Waals surface area contributed by atoms with Crippen molar-refractivity contribution in [3.8, 4) is 0 Å². The second-order valence-electron chi connectivity index (χ2n) is 10.2. The molecule has 2 atom stereocenters. The van der Waals surface area contributed by atoms with E-state index in [1.165, 1.54) is 89.0 Å². The molecule has 0 amide bonds. The minimum Gasteiger partial charge on any atom is -0.0776 e. The maximum atomic E-state index is 2.37. The van der Waals surface area contributed by atoms with E-state index in [4.69, 9.17) is 0 Å². The van der Waals surface area contributed by atoms with Crippen LogP contribution < -0.4 is 0 Å². The molecule has 0 saturated heterocycles. The molecule has 202 valence electrons. The molecule has 0 spiro atoms. The minimum absolute atomic E-state index is 0. The predicted octanol–water partition coefficient (Wildman–Crippen LogP) is 12.8. The first-order chi connectivity index (χ1) is 13.5. The molecule has 0 heteroatoms. The molecule has 33 heavy (non-hydrogen) atoms. The van der Waals surface area contributed by atoms with E-state index in [0.29, 0.717) is 0 Å². The Hall–Kier alpha value is -0.780. The summed E-state index contributed by atoms with van der Waals surface area (Å²) in [7, 11) is 0. The van der Waals surface area contributed by atoms with Gasteiger partial charge < -0.3 is 0 Å². The van der Waals surface area contributed by atoms with Gasteiger partial charge in [0.05, 0.1) is 0 Å². The molecule has 0 heterocycles. The third-order valence-electron chi connectivity index (χ3n) is 6.68. The highest BCUT2D eigenvalue weighted by atomic mass is 14.2. The number of hydrogen-bond donors (Lipinski definition) is 0. The van der Waals surface area contributed by atoms with Crippen LogP contribution in [0.3, 0.4) is 0 Å². The molecule has 0 bridgehead atoms. The Kier molecular flexibility index (Phi) is 35.3. The van der Waals surface area contributed by atoms with Crippen LogP contribution in [0.5, 0.6) is 0 Å². The van der Waals surface area contributed by atoms with Crippen LogP contribution in [-0.2, 0) is 0 Å². The second kappa shape index (κ2) is 27.5. The van der Waals surface area contributed by atoms with Gasteiger partial charge in [-0.15, -0.1) is 0 Å². The van der Waals surface area contributed by atoms with Crippen molar-refractivity contribution in [2.75, 3.05) is 0 Å². The van der Waals surface area contributed by atoms with Gasteiger partial charge in [-0.1, -0.05) is 178 Å². The number of aryl methyl sites for hydroxylation is 1. The van der Waals surface area contributed by atoms with E-state index < -0.39 is 0 Å². The molecule has 2 unspecified atom stereocenters. The van der Waals surface area contributed by atoms with Crippen molar-refractivity contribution >= 4 is 0 Å². The van der Waals surface area contributed by atoms with Crippen LogP contribution in [0, 0.1) is 30.6 Å². The van der Waals surface area contributed by atoms with E-state index in [1.807, 2.05) is 18.2 Å². The van der Waals surface area contributed by atoms with Gasteiger partial charge in [0.15, 0.2) is 0 Å². The van der Waals surface area contributed by atoms with Gasteiger partial charge in [0.1, 0.15) is 0 Å². The molecule has 0 radical (unpaired) electrons. The fraction of sp³-hybridized carbons (Fsp3) is 0.818. The van der Waals surface area contributed by atoms with Crippen LogP contribution in [0.25, 0.3) is 0 Å². The molecule has 0 aromatic heterocycles. The lowest BCUT2D eigenvalue weighted by Gasteiger charge is -2.22. The zero-order valence-corrected chi connectivity index (χ0v) is 19.9. The van der Waals surface area contributed by atoms with Crippen molar-refractivity contribution in [1.82, 2.24) is 0 Å². The van der Waals surface area contributed by atoms with E-state index in [-0.39, 0.29) is 37.1 Å². The van der Waals surface area contributed by atoms with E-state index in [0.717, 1.165) is 23.7 Å². The summed E-state index contributed by atoms with van der Waals surface area (Å²) >= 11 is 0. The van der Waals surface area contributed by atoms with Gasteiger partial charge in [0, 0.05) is 0 Å². The topological polar surface area (TPSA) is 0 Å². The largest absolute Gasteiger partial charge is 0.0776 e. The van der Waals surface area contributed by atoms with Crippen LogP contribution in [0.4, 0.5) is 0 Å². The van der Waals surface area contributed by atoms with Gasteiger partial charge in [-0.3, -0.25) is 0 Å². The number of benzene rings is 1. The Morgan fingerprint density at radius 1 is 0.455 bits per heavy atom. The summed E-state index contributed by atoms with van der Waals surface area (Å²) in [5.41, 5.74) is 1.32. The summed E-state index contributed by atoms with van der Waals surface area (Å²) in [4.78, 5) is 0. The first kappa shape index (κ1) is 42.4. The lowest BCUT2D eigenvalue weighted by Crippen LogP contribution is -2.09. The molecule has 0 N–H and O–H groups in total. The number of rotatable bonds is 0. The van der Waals surface area contributed by atoms with Gasteiger partial charge in [0.25, 0.3) is 0 Å². The highest BCUT2D eigenvalue weighted by Crippen LogP contribution is 2.27. The van der Waals surface area contributed by atoms with Crippen molar-refractivity contribution < 1.29 is 0 Å². The summed E-state index contributed by atoms with van der Waals surface area (Å²) in [5.74, 6) is 4.11. The van der Waals surface area contributed by atoms with E-state index in [1.54, 1.807) is 0 Å². The molecule has 0 aliphatic heterocycles. The van der Waals surface area contributed by atoms with Crippen LogP contribution in [-0.4, -0.2) is 0 Å². The molecule has 0 nitrogen and oxygen atoms in total. The fourth-order valence-corrected chi connectivity index (χ4v) is 4.71. The summed E-state index contributed by atoms with van der Waals surface area (Å²) in [5, 5.41) is 0. The molecule has 1 aromatic carbocycles. The Bertz CT molecular complexity index is 428. The van der Waals surface area contributed by atoms with E-state index >= 15 is 0 Å². The van der Waals surface area contributed by atoms with Crippen LogP contribution >= 0.6 is 0 Å². The van der Waals surface area contributed by atoms with Gasteiger partial charge in [-0.25, -0.2) is 0 Å². The SMILES string of the molecule is C.C.C.C.C.CC1CCCC(C)C1.CC1CCCC1.CC1CCCCC1.Cc1ccccc1. The highest BCUT2D eigenvalue weighted by molar-refractivity contribution is 5.11. The Morgan fingerprint density at radius 3 is 0.970 bits per heavy atom. The van der Waals surface area contributed by atoms with Gasteiger partial charge in [0.2, 0.25) is 0 Å². The first-order valence-electron chi connectivity index (χ1n) is 12.5. The Labute approximate surface area is 214 Å². The lowest BCUT2D eigenvalue weighted by molar-refractivity contribution is 0.301. The maximum absolute atomic E-state index is 2.37. The quantitative estimate of drug-likeness (QED) is 0.356. The summed E-state index contributed by atoms with van der Waals surface area (Å²) < 4.78 is 0. The number of hydrogen-bond acceptors (Lipinski definition) is 0. The first-order valence-corrected chi connectivity index (χ1v) is 12.5. The molecule has 3 saturated carbocycles. The normalized spacial score (nSPS) is 21.5. The molecule has 3 aliphatic rings. The molecule has 3 fully saturated rings. The van der Waals surface area contributed by atoms with Crippen molar-refractivity contribution in [2.24, 2.45) is 23.7 Å². The third-order valence-corrected chi connectivity index (χ3v) is 6.68. The van der Waals surface area contributed by atoms with E-state index in [2.05, 4.69) is 46.8 Å². The third kappa shape index (κ3) is 25.7. The standard InChI is InChI=1S/C8H16.C7H14.C7H8.C6H12.5CH4/c1-7-4-3-5-8(2)6-7;2*1-7-5-3-2-4-6-7;1-6-4-2-3-5-6;;;;;/h7-8H,3-6H2,1-2H3;7H,2-6H2,1H3;2-6H,1H3;6H,2-5H2,1H3;5*1H4. The lowest BCUT2D eigenvalue weighted by atomic mass is 9.84. The van der Waals surface area contributed by atoms with Crippen molar-refractivity contribution in [3.05, 3.63) is 35.9 Å². The zero-order chi connectivity index (χ0) is 20.6. The summed E-state index contributed by atoms with van der Waals surface area (Å²) in [6.07, 6.45) is 19.3. The molecular formula is C33H70.